The molecular formula is C42H28N2. The lowest BCUT2D eigenvalue weighted by Crippen LogP contribution is -1.96. The topological polar surface area (TPSA) is 9.86 Å². The molecule has 44 heavy (non-hydrogen) atoms. The molecule has 2 aromatic heterocycles. The second-order valence-corrected chi connectivity index (χ2v) is 9.26. The highest BCUT2D eigenvalue weighted by Crippen LogP contribution is 2.40. The quantitative estimate of drug-likeness (QED) is 0.193. The molecule has 0 bridgehead atoms. The van der Waals surface area contributed by atoms with Gasteiger partial charge in [0.2, 0.25) is 0 Å². The van der Waals surface area contributed by atoms with E-state index in [1.807, 2.05) is 0 Å². The summed E-state index contributed by atoms with van der Waals surface area (Å²) in [7, 11) is 0. The van der Waals surface area contributed by atoms with Crippen LogP contribution in [-0.2, 0) is 0 Å². The highest BCUT2D eigenvalue weighted by Gasteiger charge is 2.18. The van der Waals surface area contributed by atoms with Crippen LogP contribution in [0.3, 0.4) is 0 Å². The molecule has 0 N–H and O–H groups in total. The fourth-order valence-electron chi connectivity index (χ4n) is 5.05. The fourth-order valence-corrected chi connectivity index (χ4v) is 5.05. The van der Waals surface area contributed by atoms with Crippen molar-refractivity contribution in [2.24, 2.45) is 0 Å². The van der Waals surface area contributed by atoms with Crippen LogP contribution in [0.25, 0.3) is 77.2 Å². The van der Waals surface area contributed by atoms with Gasteiger partial charge in [0.15, 0.2) is 0 Å². The molecule has 0 amide bonds. The Bertz CT molecular complexity index is 3760. The molecule has 2 heterocycles. The first-order valence-corrected chi connectivity index (χ1v) is 12.8. The van der Waals surface area contributed by atoms with Crippen molar-refractivity contribution in [3.05, 3.63) is 169 Å². The van der Waals surface area contributed by atoms with Gasteiger partial charge in [-0.25, -0.2) is 0 Å². The predicted octanol–water partition coefficient (Wildman–Crippen LogP) is 11.2. The van der Waals surface area contributed by atoms with Gasteiger partial charge in [-0.1, -0.05) is 121 Å². The average Bonchev–Trinajstić information content (AvgIpc) is 3.89. The number of fused-ring (bicyclic) bond motifs is 6. The van der Waals surface area contributed by atoms with Crippen molar-refractivity contribution in [2.75, 3.05) is 0 Å². The van der Waals surface area contributed by atoms with Gasteiger partial charge in [-0.2, -0.15) is 0 Å². The van der Waals surface area contributed by atoms with Gasteiger partial charge < -0.3 is 9.13 Å². The maximum atomic E-state index is 10.1. The third-order valence-electron chi connectivity index (χ3n) is 6.86. The van der Waals surface area contributed by atoms with Gasteiger partial charge >= 0.3 is 0 Å². The molecule has 0 spiro atoms. The predicted molar refractivity (Wildman–Crippen MR) is 186 cm³/mol. The van der Waals surface area contributed by atoms with E-state index in [0.29, 0.717) is 9.13 Å². The third-order valence-corrected chi connectivity index (χ3v) is 6.86. The summed E-state index contributed by atoms with van der Waals surface area (Å²) >= 11 is 0. The first-order valence-electron chi connectivity index (χ1n) is 26.8. The van der Waals surface area contributed by atoms with E-state index in [9.17, 15) is 11.0 Å². The number of hydrogen-bond acceptors (Lipinski definition) is 0. The highest BCUT2D eigenvalue weighted by atomic mass is 15.0. The van der Waals surface area contributed by atoms with Crippen molar-refractivity contribution in [3.8, 4) is 33.6 Å². The van der Waals surface area contributed by atoms with Crippen molar-refractivity contribution < 1.29 is 38.4 Å². The number of nitrogens with zero attached hydrogens (tertiary/aromatic N) is 2. The van der Waals surface area contributed by atoms with E-state index in [2.05, 4.69) is 0 Å². The molecule has 7 aromatic carbocycles. The van der Waals surface area contributed by atoms with E-state index in [0.717, 1.165) is 0 Å². The minimum atomic E-state index is -1.05. The molecule has 0 saturated carbocycles. The van der Waals surface area contributed by atoms with Gasteiger partial charge in [-0.3, -0.25) is 0 Å². The summed E-state index contributed by atoms with van der Waals surface area (Å²) in [4.78, 5) is 0. The molecule has 0 radical (unpaired) electrons. The SMILES string of the molecule is [2H]c1c([2H])c([2H])c(-c2c([2H])c([2H])c([2H])c(-n3c4c([2H])c([2H])c([2H])c([2H])c4c4c([2H])c5c6c([2H])c([2H])c([2H])c([2H])c6n(-c6c([2H])c([2H])c([2H])c(-c7c([2H])c([2H])c([2H])c([2H])c7[2H])c6[2H])c5c([2H])c43)c2[2H])c([2H])c1[2H]. The standard InChI is InChI=1S/C42H28N2/c1-3-13-29(14-4-1)31-17-11-19-33(25-31)43-39-23-9-7-21-35(39)37-27-38-36-22-8-10-24-40(36)44(42(38)28-41(37)43)34-20-12-18-32(26-34)30-15-5-2-6-16-30/h1-28H/i1D,2D,3D,4D,5D,6D,7D,8D,9D,10D,11D,12D,13D,14D,15D,16D,17D,18D,19D,20D,21D,22D,23D,24D,25D,26D,27D,28D. The molecule has 0 saturated heterocycles. The fraction of sp³-hybridized carbons (Fsp3) is 0. The number of para-hydroxylation sites is 2. The lowest BCUT2D eigenvalue weighted by atomic mass is 10.1. The van der Waals surface area contributed by atoms with Crippen LogP contribution in [-0.4, -0.2) is 9.13 Å². The molecule has 206 valence electrons. The minimum Gasteiger partial charge on any atom is -0.309 e. The van der Waals surface area contributed by atoms with E-state index >= 15 is 0 Å². The van der Waals surface area contributed by atoms with Crippen LogP contribution < -0.4 is 0 Å². The van der Waals surface area contributed by atoms with Crippen molar-refractivity contribution in [1.82, 2.24) is 9.13 Å². The molecule has 0 fully saturated rings. The van der Waals surface area contributed by atoms with Gasteiger partial charge in [0.25, 0.3) is 0 Å². The zero-order valence-electron chi connectivity index (χ0n) is 49.9. The zero-order valence-corrected chi connectivity index (χ0v) is 21.9. The minimum absolute atomic E-state index is 0.583. The van der Waals surface area contributed by atoms with Gasteiger partial charge in [-0.05, 0) is 70.6 Å². The lowest BCUT2D eigenvalue weighted by Gasteiger charge is -2.12. The molecule has 9 aromatic rings. The summed E-state index contributed by atoms with van der Waals surface area (Å²) in [6.45, 7) is 0. The molecule has 0 aliphatic carbocycles. The van der Waals surface area contributed by atoms with E-state index < -0.39 is 246 Å². The maximum absolute atomic E-state index is 10.1. The Labute approximate surface area is 295 Å². The third kappa shape index (κ3) is 3.82. The van der Waals surface area contributed by atoms with E-state index in [1.165, 1.54) is 0 Å². The molecule has 2 nitrogen and oxygen atoms in total. The van der Waals surface area contributed by atoms with Crippen LogP contribution in [0.4, 0.5) is 0 Å². The van der Waals surface area contributed by atoms with Crippen LogP contribution >= 0.6 is 0 Å². The second-order valence-electron chi connectivity index (χ2n) is 9.26. The molecule has 2 heteroatoms. The highest BCUT2D eigenvalue weighted by molar-refractivity contribution is 6.19. The smallest absolute Gasteiger partial charge is 0.0668 e. The largest absolute Gasteiger partial charge is 0.309 e. The Balaban J connectivity index is 1.62. The molecule has 9 rings (SSSR count). The van der Waals surface area contributed by atoms with E-state index in [-0.39, 0.29) is 0 Å². The number of aromatic nitrogens is 2. The van der Waals surface area contributed by atoms with Crippen LogP contribution in [0.2, 0.25) is 0 Å². The van der Waals surface area contributed by atoms with Crippen LogP contribution in [0.5, 0.6) is 0 Å². The molecule has 0 aliphatic rings. The monoisotopic (exact) mass is 588 g/mol. The molecule has 0 unspecified atom stereocenters. The van der Waals surface area contributed by atoms with Gasteiger partial charge in [0.05, 0.1) is 60.4 Å². The first kappa shape index (κ1) is 9.57. The van der Waals surface area contributed by atoms with Gasteiger partial charge in [0.1, 0.15) is 0 Å². The molecular weight excluding hydrogens is 532 g/mol. The van der Waals surface area contributed by atoms with Crippen LogP contribution in [0.15, 0.2) is 169 Å². The summed E-state index contributed by atoms with van der Waals surface area (Å²) in [6, 6.07) is -26.6. The van der Waals surface area contributed by atoms with Crippen molar-refractivity contribution in [1.29, 1.82) is 0 Å². The Morgan fingerprint density at radius 1 is 0.295 bits per heavy atom. The van der Waals surface area contributed by atoms with Crippen LogP contribution in [0.1, 0.15) is 38.4 Å². The zero-order chi connectivity index (χ0) is 53.4. The van der Waals surface area contributed by atoms with Gasteiger partial charge in [0, 0.05) is 32.9 Å². The van der Waals surface area contributed by atoms with E-state index in [4.69, 9.17) is 27.4 Å². The van der Waals surface area contributed by atoms with Crippen molar-refractivity contribution in [2.45, 2.75) is 0 Å². The van der Waals surface area contributed by atoms with E-state index in [1.54, 1.807) is 0 Å². The Hall–Kier alpha value is -5.86. The maximum Gasteiger partial charge on any atom is 0.0668 e. The lowest BCUT2D eigenvalue weighted by molar-refractivity contribution is 1.16. The van der Waals surface area contributed by atoms with Crippen LogP contribution in [0, 0.1) is 0 Å². The Morgan fingerprint density at radius 2 is 0.705 bits per heavy atom. The first-order chi connectivity index (χ1) is 33.5. The second kappa shape index (κ2) is 9.86. The summed E-state index contributed by atoms with van der Waals surface area (Å²) in [6.07, 6.45) is 0. The number of hydrogen-bond donors (Lipinski definition) is 0. The normalized spacial score (nSPS) is 20.5. The summed E-state index contributed by atoms with van der Waals surface area (Å²) in [5.41, 5.74) is -7.80. The summed E-state index contributed by atoms with van der Waals surface area (Å²) in [5, 5.41) is -2.35. The summed E-state index contributed by atoms with van der Waals surface area (Å²) < 4.78 is 251. The molecule has 0 atom stereocenters. The Morgan fingerprint density at radius 3 is 1.18 bits per heavy atom. The average molecular weight is 589 g/mol. The number of benzene rings is 7. The number of rotatable bonds is 4. The van der Waals surface area contributed by atoms with Crippen molar-refractivity contribution in [3.63, 3.8) is 0 Å². The summed E-state index contributed by atoms with van der Waals surface area (Å²) in [5.74, 6) is 0. The van der Waals surface area contributed by atoms with Gasteiger partial charge in [-0.15, -0.1) is 0 Å². The Kier molecular flexibility index (Phi) is 2.14. The van der Waals surface area contributed by atoms with Crippen molar-refractivity contribution >= 4 is 43.6 Å². The molecule has 0 aliphatic heterocycles.